The third-order valence-electron chi connectivity index (χ3n) is 5.90. The van der Waals surface area contributed by atoms with Gasteiger partial charge >= 0.3 is 0 Å². The number of nitrogens with zero attached hydrogens (tertiary/aromatic N) is 4. The van der Waals surface area contributed by atoms with Gasteiger partial charge in [-0.25, -0.2) is 9.35 Å². The Morgan fingerprint density at radius 1 is 1.06 bits per heavy atom. The highest BCUT2D eigenvalue weighted by atomic mass is 32.2. The molecule has 2 aromatic carbocycles. The first-order valence-electron chi connectivity index (χ1n) is 11.9. The Kier molecular flexibility index (Phi) is 8.30. The maximum absolute atomic E-state index is 13.2. The zero-order valence-corrected chi connectivity index (χ0v) is 22.6. The van der Waals surface area contributed by atoms with Crippen molar-refractivity contribution in [3.63, 3.8) is 0 Å². The van der Waals surface area contributed by atoms with Crippen LogP contribution in [0.4, 0.5) is 0 Å². The summed E-state index contributed by atoms with van der Waals surface area (Å²) in [5.41, 5.74) is 6.04. The van der Waals surface area contributed by atoms with Crippen molar-refractivity contribution in [2.75, 3.05) is 14.1 Å². The first-order valence-corrected chi connectivity index (χ1v) is 13.4. The standard InChI is InChI=1S/C27H37N5O2S/c1-18(2)23-14-21(26-12-13-32(7)29-26)15-24(19(3)4)25(23)16-27(33)30-35(28,34)22-10-8-20(9-11-22)17-31(5)6/h8-15,18-19H,16-17H2,1-7H3,(H2,28,30,33,34). The Bertz CT molecular complexity index is 1280. The average molecular weight is 496 g/mol. The van der Waals surface area contributed by atoms with Gasteiger partial charge in [-0.1, -0.05) is 39.8 Å². The number of rotatable bonds is 8. The van der Waals surface area contributed by atoms with Gasteiger partial charge in [-0.3, -0.25) is 9.48 Å². The third-order valence-corrected chi connectivity index (χ3v) is 7.32. The molecule has 35 heavy (non-hydrogen) atoms. The second kappa shape index (κ2) is 10.8. The van der Waals surface area contributed by atoms with Crippen molar-refractivity contribution in [2.24, 2.45) is 16.5 Å². The molecule has 1 amide bonds. The lowest BCUT2D eigenvalue weighted by atomic mass is 9.84. The maximum Gasteiger partial charge on any atom is 0.259 e. The predicted molar refractivity (Wildman–Crippen MR) is 142 cm³/mol. The van der Waals surface area contributed by atoms with Gasteiger partial charge in [0.25, 0.3) is 5.91 Å². The van der Waals surface area contributed by atoms with Crippen molar-refractivity contribution in [2.45, 2.75) is 57.4 Å². The topological polar surface area (TPSA) is 93.6 Å². The lowest BCUT2D eigenvalue weighted by Gasteiger charge is -2.20. The highest BCUT2D eigenvalue weighted by molar-refractivity contribution is 7.91. The highest BCUT2D eigenvalue weighted by Gasteiger charge is 2.20. The molecule has 1 atom stereocenters. The van der Waals surface area contributed by atoms with E-state index in [1.165, 1.54) is 0 Å². The minimum Gasteiger partial charge on any atom is -0.305 e. The van der Waals surface area contributed by atoms with E-state index >= 15 is 0 Å². The summed E-state index contributed by atoms with van der Waals surface area (Å²) in [6, 6.07) is 13.3. The number of hydrogen-bond donors (Lipinski definition) is 1. The first-order chi connectivity index (χ1) is 16.4. The van der Waals surface area contributed by atoms with E-state index in [0.717, 1.165) is 40.1 Å². The first kappa shape index (κ1) is 26.8. The molecular formula is C27H37N5O2S. The van der Waals surface area contributed by atoms with Crippen molar-refractivity contribution < 1.29 is 9.00 Å². The smallest absolute Gasteiger partial charge is 0.259 e. The Labute approximate surface area is 209 Å². The molecule has 3 aromatic rings. The molecule has 1 heterocycles. The molecule has 0 bridgehead atoms. The van der Waals surface area contributed by atoms with Crippen LogP contribution in [-0.2, 0) is 34.7 Å². The largest absolute Gasteiger partial charge is 0.305 e. The zero-order chi connectivity index (χ0) is 25.9. The molecule has 188 valence electrons. The molecule has 7 nitrogen and oxygen atoms in total. The molecule has 2 N–H and O–H groups in total. The second-order valence-electron chi connectivity index (χ2n) is 9.93. The van der Waals surface area contributed by atoms with Crippen molar-refractivity contribution in [1.29, 1.82) is 0 Å². The minimum atomic E-state index is -3.34. The lowest BCUT2D eigenvalue weighted by molar-refractivity contribution is -0.117. The van der Waals surface area contributed by atoms with E-state index in [1.54, 1.807) is 16.8 Å². The highest BCUT2D eigenvalue weighted by Crippen LogP contribution is 2.33. The molecule has 0 spiro atoms. The molecule has 0 saturated carbocycles. The second-order valence-corrected chi connectivity index (χ2v) is 11.7. The van der Waals surface area contributed by atoms with Crippen LogP contribution in [-0.4, -0.2) is 38.9 Å². The van der Waals surface area contributed by atoms with E-state index in [4.69, 9.17) is 5.14 Å². The average Bonchev–Trinajstić information content (AvgIpc) is 3.19. The summed E-state index contributed by atoms with van der Waals surface area (Å²) in [6.07, 6.45) is 1.97. The summed E-state index contributed by atoms with van der Waals surface area (Å²) in [5.74, 6) is -0.111. The van der Waals surface area contributed by atoms with Crippen LogP contribution in [0.1, 0.15) is 61.8 Å². The van der Waals surface area contributed by atoms with Gasteiger partial charge in [-0.2, -0.15) is 5.10 Å². The number of benzene rings is 2. The van der Waals surface area contributed by atoms with Crippen LogP contribution in [0.2, 0.25) is 0 Å². The quantitative estimate of drug-likeness (QED) is 0.483. The predicted octanol–water partition coefficient (Wildman–Crippen LogP) is 4.87. The fourth-order valence-corrected chi connectivity index (χ4v) is 5.21. The van der Waals surface area contributed by atoms with Crippen LogP contribution in [0.3, 0.4) is 0 Å². The number of hydrogen-bond acceptors (Lipinski definition) is 4. The summed E-state index contributed by atoms with van der Waals surface area (Å²) in [6.45, 7) is 9.18. The molecule has 0 aliphatic rings. The molecule has 0 aliphatic heterocycles. The Morgan fingerprint density at radius 3 is 2.09 bits per heavy atom. The Balaban J connectivity index is 1.98. The van der Waals surface area contributed by atoms with Gasteiger partial charge in [0.05, 0.1) is 17.0 Å². The summed E-state index contributed by atoms with van der Waals surface area (Å²) in [5, 5.41) is 10.6. The monoisotopic (exact) mass is 495 g/mol. The normalized spacial score (nSPS) is 13.5. The van der Waals surface area contributed by atoms with Gasteiger partial charge in [-0.05, 0) is 78.5 Å². The van der Waals surface area contributed by atoms with E-state index in [2.05, 4.69) is 49.3 Å². The number of amides is 1. The van der Waals surface area contributed by atoms with Gasteiger partial charge in [-0.15, -0.1) is 4.36 Å². The van der Waals surface area contributed by atoms with Gasteiger partial charge in [0, 0.05) is 25.4 Å². The molecule has 1 unspecified atom stereocenters. The van der Waals surface area contributed by atoms with Crippen LogP contribution < -0.4 is 5.14 Å². The Hall–Kier alpha value is -2.81. The fraction of sp³-hybridized carbons (Fsp3) is 0.407. The van der Waals surface area contributed by atoms with Crippen LogP contribution in [0.25, 0.3) is 11.3 Å². The van der Waals surface area contributed by atoms with Crippen LogP contribution >= 0.6 is 0 Å². The molecular weight excluding hydrogens is 458 g/mol. The molecule has 8 heteroatoms. The number of aryl methyl sites for hydroxylation is 1. The van der Waals surface area contributed by atoms with E-state index in [0.29, 0.717) is 4.90 Å². The summed E-state index contributed by atoms with van der Waals surface area (Å²) >= 11 is 0. The molecule has 0 fully saturated rings. The van der Waals surface area contributed by atoms with Crippen LogP contribution in [0.15, 0.2) is 57.9 Å². The van der Waals surface area contributed by atoms with Gasteiger partial charge in [0.1, 0.15) is 9.92 Å². The molecule has 1 aromatic heterocycles. The van der Waals surface area contributed by atoms with Crippen molar-refractivity contribution >= 4 is 15.8 Å². The van der Waals surface area contributed by atoms with E-state index in [9.17, 15) is 9.00 Å². The van der Waals surface area contributed by atoms with E-state index < -0.39 is 15.8 Å². The molecule has 0 saturated heterocycles. The van der Waals surface area contributed by atoms with E-state index in [1.807, 2.05) is 50.4 Å². The summed E-state index contributed by atoms with van der Waals surface area (Å²) in [7, 11) is 2.51. The number of aromatic nitrogens is 2. The zero-order valence-electron chi connectivity index (χ0n) is 21.8. The van der Waals surface area contributed by atoms with Gasteiger partial charge < -0.3 is 4.90 Å². The van der Waals surface area contributed by atoms with Crippen LogP contribution in [0.5, 0.6) is 0 Å². The fourth-order valence-electron chi connectivity index (χ4n) is 4.21. The summed E-state index contributed by atoms with van der Waals surface area (Å²) < 4.78 is 18.9. The van der Waals surface area contributed by atoms with Gasteiger partial charge in [0.2, 0.25) is 0 Å². The minimum absolute atomic E-state index is 0.0520. The van der Waals surface area contributed by atoms with Crippen LogP contribution in [0, 0.1) is 0 Å². The van der Waals surface area contributed by atoms with E-state index in [-0.39, 0.29) is 18.3 Å². The summed E-state index contributed by atoms with van der Waals surface area (Å²) in [4.78, 5) is 15.5. The number of carbonyl (C=O) groups is 1. The van der Waals surface area contributed by atoms with Crippen molar-refractivity contribution in [1.82, 2.24) is 14.7 Å². The van der Waals surface area contributed by atoms with Crippen molar-refractivity contribution in [3.8, 4) is 11.3 Å². The number of nitrogens with two attached hydrogens (primary N) is 1. The van der Waals surface area contributed by atoms with Crippen molar-refractivity contribution in [3.05, 3.63) is 70.9 Å². The maximum atomic E-state index is 13.2. The third kappa shape index (κ3) is 6.66. The van der Waals surface area contributed by atoms with Gasteiger partial charge in [0.15, 0.2) is 0 Å². The Morgan fingerprint density at radius 2 is 1.63 bits per heavy atom. The molecule has 0 aliphatic carbocycles. The molecule has 0 radical (unpaired) electrons. The molecule has 3 rings (SSSR count). The SMILES string of the molecule is CC(C)c1cc(-c2ccn(C)n2)cc(C(C)C)c1CC(=O)N=S(N)(=O)c1ccc(CN(C)C)cc1. The lowest BCUT2D eigenvalue weighted by Crippen LogP contribution is -2.17. The number of carbonyl (C=O) groups excluding carboxylic acids is 1.